The topological polar surface area (TPSA) is 17.1 Å². The van der Waals surface area contributed by atoms with Gasteiger partial charge in [0.1, 0.15) is 0 Å². The number of hydrogen-bond acceptors (Lipinski definition) is 2. The second-order valence-electron chi connectivity index (χ2n) is 5.14. The molecule has 1 saturated carbocycles. The fraction of sp³-hybridized carbons (Fsp3) is 0.400. The number of halogens is 1. The summed E-state index contributed by atoms with van der Waals surface area (Å²) in [6.07, 6.45) is 3.46. The first-order chi connectivity index (χ1) is 8.68. The number of Topliss-reactive ketones (excluding diaryl/α,β-unsaturated/α-hetero) is 1. The standard InChI is InChI=1S/C15H15BrOS/c1-9-4-2-5-10(9)14(17)12-8-18-15-11(12)6-3-7-13(15)16/h3,6-10H,2,4-5H2,1H3. The molecule has 2 atom stereocenters. The van der Waals surface area contributed by atoms with E-state index >= 15 is 0 Å². The van der Waals surface area contributed by atoms with Crippen molar-refractivity contribution in [3.8, 4) is 0 Å². The van der Waals surface area contributed by atoms with E-state index in [-0.39, 0.29) is 5.92 Å². The molecule has 1 nitrogen and oxygen atoms in total. The molecule has 1 aromatic heterocycles. The van der Waals surface area contributed by atoms with E-state index in [2.05, 4.69) is 28.9 Å². The highest BCUT2D eigenvalue weighted by atomic mass is 79.9. The van der Waals surface area contributed by atoms with Crippen LogP contribution in [0.3, 0.4) is 0 Å². The first kappa shape index (κ1) is 12.4. The zero-order chi connectivity index (χ0) is 12.7. The third-order valence-corrected chi connectivity index (χ3v) is 5.97. The van der Waals surface area contributed by atoms with Gasteiger partial charge < -0.3 is 0 Å². The van der Waals surface area contributed by atoms with Crippen LogP contribution in [0.15, 0.2) is 28.1 Å². The van der Waals surface area contributed by atoms with Crippen molar-refractivity contribution in [2.75, 3.05) is 0 Å². The lowest BCUT2D eigenvalue weighted by atomic mass is 9.89. The normalized spacial score (nSPS) is 23.7. The summed E-state index contributed by atoms with van der Waals surface area (Å²) < 4.78 is 2.27. The van der Waals surface area contributed by atoms with Gasteiger partial charge >= 0.3 is 0 Å². The van der Waals surface area contributed by atoms with Crippen LogP contribution in [0.1, 0.15) is 36.5 Å². The predicted octanol–water partition coefficient (Wildman–Crippen LogP) is 5.28. The Morgan fingerprint density at radius 2 is 2.22 bits per heavy atom. The molecule has 1 aliphatic carbocycles. The molecule has 18 heavy (non-hydrogen) atoms. The zero-order valence-corrected chi connectivity index (χ0v) is 12.7. The smallest absolute Gasteiger partial charge is 0.167 e. The molecule has 0 N–H and O–H groups in total. The SMILES string of the molecule is CC1CCCC1C(=O)c1csc2c(Br)cccc12. The lowest BCUT2D eigenvalue weighted by Crippen LogP contribution is -2.16. The van der Waals surface area contributed by atoms with E-state index < -0.39 is 0 Å². The van der Waals surface area contributed by atoms with Crippen molar-refractivity contribution in [1.82, 2.24) is 0 Å². The molecule has 1 aromatic carbocycles. The van der Waals surface area contributed by atoms with Gasteiger partial charge in [0, 0.05) is 31.4 Å². The van der Waals surface area contributed by atoms with Crippen molar-refractivity contribution in [3.05, 3.63) is 33.6 Å². The third-order valence-electron chi connectivity index (χ3n) is 4.02. The summed E-state index contributed by atoms with van der Waals surface area (Å²) in [4.78, 5) is 12.6. The van der Waals surface area contributed by atoms with Gasteiger partial charge in [-0.25, -0.2) is 0 Å². The van der Waals surface area contributed by atoms with E-state index in [1.807, 2.05) is 17.5 Å². The summed E-state index contributed by atoms with van der Waals surface area (Å²) in [5.74, 6) is 1.13. The largest absolute Gasteiger partial charge is 0.294 e. The maximum atomic E-state index is 12.6. The summed E-state index contributed by atoms with van der Waals surface area (Å²) in [5, 5.41) is 3.14. The monoisotopic (exact) mass is 322 g/mol. The highest BCUT2D eigenvalue weighted by Crippen LogP contribution is 2.38. The maximum absolute atomic E-state index is 12.6. The van der Waals surface area contributed by atoms with Crippen molar-refractivity contribution >= 4 is 43.1 Å². The van der Waals surface area contributed by atoms with Gasteiger partial charge in [-0.3, -0.25) is 4.79 Å². The summed E-state index contributed by atoms with van der Waals surface area (Å²) >= 11 is 5.22. The number of fused-ring (bicyclic) bond motifs is 1. The molecule has 1 aliphatic rings. The minimum Gasteiger partial charge on any atom is -0.294 e. The Morgan fingerprint density at radius 3 is 2.94 bits per heavy atom. The van der Waals surface area contributed by atoms with Gasteiger partial charge in [0.25, 0.3) is 0 Å². The average Bonchev–Trinajstić information content (AvgIpc) is 2.95. The number of carbonyl (C=O) groups is 1. The second kappa shape index (κ2) is 4.78. The maximum Gasteiger partial charge on any atom is 0.167 e. The highest BCUT2D eigenvalue weighted by Gasteiger charge is 2.31. The van der Waals surface area contributed by atoms with Crippen molar-refractivity contribution in [2.24, 2.45) is 11.8 Å². The highest BCUT2D eigenvalue weighted by molar-refractivity contribution is 9.10. The number of benzene rings is 1. The predicted molar refractivity (Wildman–Crippen MR) is 80.4 cm³/mol. The molecule has 1 fully saturated rings. The van der Waals surface area contributed by atoms with Gasteiger partial charge in [-0.1, -0.05) is 25.5 Å². The van der Waals surface area contributed by atoms with Gasteiger partial charge in [-0.15, -0.1) is 11.3 Å². The van der Waals surface area contributed by atoms with Crippen molar-refractivity contribution in [2.45, 2.75) is 26.2 Å². The Labute approximate surface area is 119 Å². The summed E-state index contributed by atoms with van der Waals surface area (Å²) in [6.45, 7) is 2.21. The molecule has 0 spiro atoms. The van der Waals surface area contributed by atoms with Gasteiger partial charge in [0.2, 0.25) is 0 Å². The van der Waals surface area contributed by atoms with Gasteiger partial charge in [-0.05, 0) is 40.8 Å². The average molecular weight is 323 g/mol. The molecule has 0 radical (unpaired) electrons. The van der Waals surface area contributed by atoms with Crippen LogP contribution in [0.25, 0.3) is 10.1 Å². The molecule has 2 unspecified atom stereocenters. The van der Waals surface area contributed by atoms with Crippen LogP contribution in [-0.2, 0) is 0 Å². The number of rotatable bonds is 2. The van der Waals surface area contributed by atoms with Gasteiger partial charge in [-0.2, -0.15) is 0 Å². The van der Waals surface area contributed by atoms with E-state index in [9.17, 15) is 4.79 Å². The molecule has 0 amide bonds. The lowest BCUT2D eigenvalue weighted by Gasteiger charge is -2.13. The summed E-state index contributed by atoms with van der Waals surface area (Å²) in [5.41, 5.74) is 0.926. The molecule has 0 aliphatic heterocycles. The fourth-order valence-electron chi connectivity index (χ4n) is 2.95. The van der Waals surface area contributed by atoms with Crippen LogP contribution >= 0.6 is 27.3 Å². The molecule has 0 bridgehead atoms. The second-order valence-corrected chi connectivity index (χ2v) is 6.88. The molecule has 2 aromatic rings. The van der Waals surface area contributed by atoms with Crippen molar-refractivity contribution in [1.29, 1.82) is 0 Å². The van der Waals surface area contributed by atoms with Gasteiger partial charge in [0.05, 0.1) is 0 Å². The van der Waals surface area contributed by atoms with E-state index in [0.717, 1.165) is 21.8 Å². The first-order valence-electron chi connectivity index (χ1n) is 6.38. The minimum absolute atomic E-state index is 0.238. The van der Waals surface area contributed by atoms with Crippen LogP contribution < -0.4 is 0 Å². The van der Waals surface area contributed by atoms with Crippen LogP contribution in [-0.4, -0.2) is 5.78 Å². The number of thiophene rings is 1. The summed E-state index contributed by atoms with van der Waals surface area (Å²) in [7, 11) is 0. The van der Waals surface area contributed by atoms with Gasteiger partial charge in [0.15, 0.2) is 5.78 Å². The Morgan fingerprint density at radius 1 is 1.39 bits per heavy atom. The van der Waals surface area contributed by atoms with Crippen LogP contribution in [0.5, 0.6) is 0 Å². The van der Waals surface area contributed by atoms with Crippen LogP contribution in [0.2, 0.25) is 0 Å². The zero-order valence-electron chi connectivity index (χ0n) is 10.3. The van der Waals surface area contributed by atoms with E-state index in [1.165, 1.54) is 17.5 Å². The Balaban J connectivity index is 2.04. The Bertz CT molecular complexity index is 602. The molecule has 94 valence electrons. The molecule has 1 heterocycles. The first-order valence-corrected chi connectivity index (χ1v) is 8.05. The minimum atomic E-state index is 0.238. The van der Waals surface area contributed by atoms with Crippen LogP contribution in [0, 0.1) is 11.8 Å². The van der Waals surface area contributed by atoms with E-state index in [1.54, 1.807) is 11.3 Å². The van der Waals surface area contributed by atoms with E-state index in [0.29, 0.717) is 11.7 Å². The molecular formula is C15H15BrOS. The Kier molecular flexibility index (Phi) is 3.29. The third kappa shape index (κ3) is 1.94. The Hall–Kier alpha value is -0.670. The van der Waals surface area contributed by atoms with Crippen LogP contribution in [0.4, 0.5) is 0 Å². The molecule has 0 saturated heterocycles. The number of hydrogen-bond donors (Lipinski definition) is 0. The van der Waals surface area contributed by atoms with E-state index in [4.69, 9.17) is 0 Å². The number of ketones is 1. The van der Waals surface area contributed by atoms with Crippen molar-refractivity contribution in [3.63, 3.8) is 0 Å². The summed E-state index contributed by atoms with van der Waals surface area (Å²) in [6, 6.07) is 6.10. The fourth-order valence-corrected chi connectivity index (χ4v) is 4.56. The quantitative estimate of drug-likeness (QED) is 0.687. The number of carbonyl (C=O) groups excluding carboxylic acids is 1. The molecular weight excluding hydrogens is 308 g/mol. The molecule has 3 rings (SSSR count). The van der Waals surface area contributed by atoms with Crippen molar-refractivity contribution < 1.29 is 4.79 Å². The molecule has 3 heteroatoms. The lowest BCUT2D eigenvalue weighted by molar-refractivity contribution is 0.0899.